The summed E-state index contributed by atoms with van der Waals surface area (Å²) in [6.07, 6.45) is 0.759. The van der Waals surface area contributed by atoms with Crippen molar-refractivity contribution in [2.24, 2.45) is 0 Å². The highest BCUT2D eigenvalue weighted by Gasteiger charge is 2.14. The second-order valence-electron chi connectivity index (χ2n) is 2.17. The third kappa shape index (κ3) is 1.78. The van der Waals surface area contributed by atoms with Gasteiger partial charge in [0.15, 0.2) is 0 Å². The van der Waals surface area contributed by atoms with Crippen molar-refractivity contribution in [3.8, 4) is 0 Å². The molecule has 0 bridgehead atoms. The van der Waals surface area contributed by atoms with Gasteiger partial charge in [0.2, 0.25) is 6.29 Å². The maximum atomic E-state index is 13.0. The molecule has 1 rings (SSSR count). The molecule has 1 heterocycles. The van der Waals surface area contributed by atoms with E-state index in [9.17, 15) is 4.39 Å². The van der Waals surface area contributed by atoms with Gasteiger partial charge in [-0.3, -0.25) is 4.98 Å². The van der Waals surface area contributed by atoms with Gasteiger partial charge in [0, 0.05) is 20.4 Å². The van der Waals surface area contributed by atoms with Crippen LogP contribution in [-0.4, -0.2) is 19.2 Å². The molecule has 0 amide bonds. The molecular weight excluding hydrogens is 161 g/mol. The Bertz CT molecular complexity index is 251. The lowest BCUT2D eigenvalue weighted by molar-refractivity contribution is -0.110. The smallest absolute Gasteiger partial charge is 0.203 e. The molecule has 0 fully saturated rings. The maximum Gasteiger partial charge on any atom is 0.203 e. The average Bonchev–Trinajstić information content (AvgIpc) is 2.10. The van der Waals surface area contributed by atoms with Crippen LogP contribution in [0.25, 0.3) is 0 Å². The van der Waals surface area contributed by atoms with Crippen LogP contribution in [0.3, 0.4) is 0 Å². The Hall–Kier alpha value is -1.00. The highest BCUT2D eigenvalue weighted by atomic mass is 19.1. The summed E-state index contributed by atoms with van der Waals surface area (Å²) < 4.78 is 22.7. The fraction of sp³-hybridized carbons (Fsp3) is 0.375. The number of halogens is 1. The third-order valence-electron chi connectivity index (χ3n) is 1.44. The van der Waals surface area contributed by atoms with E-state index in [0.717, 1.165) is 0 Å². The van der Waals surface area contributed by atoms with Crippen molar-refractivity contribution in [2.75, 3.05) is 14.2 Å². The van der Waals surface area contributed by atoms with Crippen LogP contribution in [-0.2, 0) is 9.47 Å². The fourth-order valence-corrected chi connectivity index (χ4v) is 0.891. The molecule has 0 aliphatic heterocycles. The summed E-state index contributed by atoms with van der Waals surface area (Å²) in [4.78, 5) is 3.80. The summed E-state index contributed by atoms with van der Waals surface area (Å²) in [7, 11) is 2.87. The van der Waals surface area contributed by atoms with Crippen LogP contribution in [0.1, 0.15) is 12.0 Å². The van der Waals surface area contributed by atoms with Gasteiger partial charge < -0.3 is 9.47 Å². The van der Waals surface area contributed by atoms with Crippen LogP contribution in [0.4, 0.5) is 4.39 Å². The molecule has 0 aliphatic carbocycles. The van der Waals surface area contributed by atoms with Crippen molar-refractivity contribution in [3.05, 3.63) is 29.8 Å². The number of hydrogen-bond acceptors (Lipinski definition) is 3. The van der Waals surface area contributed by atoms with Crippen LogP contribution in [0, 0.1) is 5.82 Å². The quantitative estimate of drug-likeness (QED) is 0.646. The van der Waals surface area contributed by atoms with Crippen LogP contribution in [0.15, 0.2) is 18.3 Å². The second kappa shape index (κ2) is 4.13. The number of aromatic nitrogens is 1. The highest BCUT2D eigenvalue weighted by Crippen LogP contribution is 2.16. The van der Waals surface area contributed by atoms with Gasteiger partial charge in [-0.25, -0.2) is 4.39 Å². The van der Waals surface area contributed by atoms with Gasteiger partial charge in [0.05, 0.1) is 0 Å². The first kappa shape index (κ1) is 9.09. The first-order chi connectivity index (χ1) is 5.79. The van der Waals surface area contributed by atoms with Crippen LogP contribution < -0.4 is 0 Å². The Balaban J connectivity index is 2.92. The van der Waals surface area contributed by atoms with Crippen molar-refractivity contribution >= 4 is 0 Å². The summed E-state index contributed by atoms with van der Waals surface area (Å²) >= 11 is 0. The Morgan fingerprint density at radius 2 is 2.08 bits per heavy atom. The van der Waals surface area contributed by atoms with Gasteiger partial charge in [-0.15, -0.1) is 0 Å². The van der Waals surface area contributed by atoms with E-state index in [-0.39, 0.29) is 5.69 Å². The number of ether oxygens (including phenoxy) is 2. The van der Waals surface area contributed by atoms with E-state index in [4.69, 9.17) is 9.47 Å². The molecule has 0 aliphatic rings. The van der Waals surface area contributed by atoms with Gasteiger partial charge in [0.1, 0.15) is 11.5 Å². The Morgan fingerprint density at radius 3 is 2.58 bits per heavy atom. The monoisotopic (exact) mass is 171 g/mol. The van der Waals surface area contributed by atoms with Crippen molar-refractivity contribution in [2.45, 2.75) is 6.29 Å². The number of nitrogens with zero attached hydrogens (tertiary/aromatic N) is 1. The van der Waals surface area contributed by atoms with Gasteiger partial charge in [-0.2, -0.15) is 0 Å². The number of methoxy groups -OCH3 is 2. The molecule has 0 unspecified atom stereocenters. The predicted octanol–water partition coefficient (Wildman–Crippen LogP) is 1.51. The first-order valence-electron chi connectivity index (χ1n) is 3.45. The first-order valence-corrected chi connectivity index (χ1v) is 3.45. The lowest BCUT2D eigenvalue weighted by Gasteiger charge is -2.12. The maximum absolute atomic E-state index is 13.0. The molecule has 3 nitrogen and oxygen atoms in total. The van der Waals surface area contributed by atoms with E-state index in [1.165, 1.54) is 32.5 Å². The molecule has 0 saturated carbocycles. The minimum absolute atomic E-state index is 0.169. The minimum atomic E-state index is -0.730. The third-order valence-corrected chi connectivity index (χ3v) is 1.44. The zero-order chi connectivity index (χ0) is 8.97. The van der Waals surface area contributed by atoms with E-state index >= 15 is 0 Å². The number of hydrogen-bond donors (Lipinski definition) is 0. The van der Waals surface area contributed by atoms with Crippen molar-refractivity contribution in [3.63, 3.8) is 0 Å². The average molecular weight is 171 g/mol. The molecule has 4 heteroatoms. The van der Waals surface area contributed by atoms with E-state index in [0.29, 0.717) is 0 Å². The van der Waals surface area contributed by atoms with E-state index in [2.05, 4.69) is 4.98 Å². The largest absolute Gasteiger partial charge is 0.350 e. The molecular formula is C8H10FNO2. The van der Waals surface area contributed by atoms with Crippen molar-refractivity contribution < 1.29 is 13.9 Å². The van der Waals surface area contributed by atoms with Crippen LogP contribution >= 0.6 is 0 Å². The van der Waals surface area contributed by atoms with Crippen LogP contribution in [0.2, 0.25) is 0 Å². The normalized spacial score (nSPS) is 10.7. The lowest BCUT2D eigenvalue weighted by atomic mass is 10.3. The minimum Gasteiger partial charge on any atom is -0.350 e. The standard InChI is InChI=1S/C8H10FNO2/c1-11-8(12-2)7-6(9)4-3-5-10-7/h3-5,8H,1-2H3. The summed E-state index contributed by atoms with van der Waals surface area (Å²) in [5.74, 6) is -0.425. The van der Waals surface area contributed by atoms with E-state index in [1.54, 1.807) is 0 Å². The molecule has 0 aromatic carbocycles. The zero-order valence-electron chi connectivity index (χ0n) is 6.95. The SMILES string of the molecule is COC(OC)c1ncccc1F. The lowest BCUT2D eigenvalue weighted by Crippen LogP contribution is -2.08. The van der Waals surface area contributed by atoms with E-state index in [1.807, 2.05) is 0 Å². The molecule has 0 N–H and O–H groups in total. The Labute approximate surface area is 70.1 Å². The number of rotatable bonds is 3. The highest BCUT2D eigenvalue weighted by molar-refractivity contribution is 5.08. The van der Waals surface area contributed by atoms with E-state index < -0.39 is 12.1 Å². The summed E-state index contributed by atoms with van der Waals surface area (Å²) in [6, 6.07) is 2.83. The summed E-state index contributed by atoms with van der Waals surface area (Å²) in [6.45, 7) is 0. The Kier molecular flexibility index (Phi) is 3.13. The topological polar surface area (TPSA) is 31.4 Å². The van der Waals surface area contributed by atoms with Crippen molar-refractivity contribution in [1.82, 2.24) is 4.98 Å². The molecule has 0 radical (unpaired) electrons. The van der Waals surface area contributed by atoms with Gasteiger partial charge in [-0.1, -0.05) is 0 Å². The summed E-state index contributed by atoms with van der Waals surface area (Å²) in [5, 5.41) is 0. The zero-order valence-corrected chi connectivity index (χ0v) is 6.95. The summed E-state index contributed by atoms with van der Waals surface area (Å²) in [5.41, 5.74) is 0.169. The molecule has 0 atom stereocenters. The molecule has 66 valence electrons. The molecule has 12 heavy (non-hydrogen) atoms. The molecule has 0 spiro atoms. The molecule has 1 aromatic rings. The Morgan fingerprint density at radius 1 is 1.42 bits per heavy atom. The van der Waals surface area contributed by atoms with Gasteiger partial charge in [0.25, 0.3) is 0 Å². The molecule has 1 aromatic heterocycles. The van der Waals surface area contributed by atoms with Crippen LogP contribution in [0.5, 0.6) is 0 Å². The van der Waals surface area contributed by atoms with Gasteiger partial charge in [-0.05, 0) is 12.1 Å². The van der Waals surface area contributed by atoms with Crippen molar-refractivity contribution in [1.29, 1.82) is 0 Å². The predicted molar refractivity (Wildman–Crippen MR) is 41.0 cm³/mol. The van der Waals surface area contributed by atoms with Gasteiger partial charge >= 0.3 is 0 Å². The molecule has 0 saturated heterocycles. The number of pyridine rings is 1. The fourth-order valence-electron chi connectivity index (χ4n) is 0.891. The second-order valence-corrected chi connectivity index (χ2v) is 2.17.